The molecule has 0 spiro atoms. The van der Waals surface area contributed by atoms with Gasteiger partial charge < -0.3 is 14.6 Å². The minimum absolute atomic E-state index is 0.333. The SMILES string of the molecule is CNC(C)c1cccn1Cc1cc(OC)ccc1Br. The van der Waals surface area contributed by atoms with Crippen molar-refractivity contribution >= 4 is 15.9 Å². The van der Waals surface area contributed by atoms with Crippen LogP contribution in [0.5, 0.6) is 5.75 Å². The molecular weight excluding hydrogens is 304 g/mol. The van der Waals surface area contributed by atoms with Gasteiger partial charge in [0.15, 0.2) is 0 Å². The molecule has 0 bridgehead atoms. The Kier molecular flexibility index (Phi) is 4.66. The number of halogens is 1. The molecule has 0 aliphatic heterocycles. The number of rotatable bonds is 5. The van der Waals surface area contributed by atoms with Crippen LogP contribution in [-0.2, 0) is 6.54 Å². The maximum Gasteiger partial charge on any atom is 0.119 e. The van der Waals surface area contributed by atoms with Crippen LogP contribution in [-0.4, -0.2) is 18.7 Å². The number of methoxy groups -OCH3 is 1. The molecule has 1 atom stereocenters. The van der Waals surface area contributed by atoms with E-state index in [2.05, 4.69) is 57.1 Å². The quantitative estimate of drug-likeness (QED) is 0.910. The Hall–Kier alpha value is -1.26. The minimum Gasteiger partial charge on any atom is -0.497 e. The van der Waals surface area contributed by atoms with E-state index < -0.39 is 0 Å². The summed E-state index contributed by atoms with van der Waals surface area (Å²) in [5.74, 6) is 0.883. The average Bonchev–Trinajstić information content (AvgIpc) is 2.88. The van der Waals surface area contributed by atoms with Gasteiger partial charge in [-0.1, -0.05) is 15.9 Å². The molecular formula is C15H19BrN2O. The Morgan fingerprint density at radius 2 is 2.16 bits per heavy atom. The Bertz CT molecular complexity index is 551. The van der Waals surface area contributed by atoms with Crippen molar-refractivity contribution in [3.05, 3.63) is 52.3 Å². The molecule has 0 fully saturated rings. The molecule has 1 N–H and O–H groups in total. The number of nitrogens with zero attached hydrogens (tertiary/aromatic N) is 1. The third-order valence-electron chi connectivity index (χ3n) is 3.33. The number of hydrogen-bond donors (Lipinski definition) is 1. The van der Waals surface area contributed by atoms with Crippen LogP contribution in [0.3, 0.4) is 0 Å². The average molecular weight is 323 g/mol. The lowest BCUT2D eigenvalue weighted by Gasteiger charge is -2.16. The minimum atomic E-state index is 0.333. The van der Waals surface area contributed by atoms with Crippen molar-refractivity contribution in [2.75, 3.05) is 14.2 Å². The van der Waals surface area contributed by atoms with Gasteiger partial charge in [-0.25, -0.2) is 0 Å². The van der Waals surface area contributed by atoms with Crippen LogP contribution in [0.2, 0.25) is 0 Å². The molecule has 19 heavy (non-hydrogen) atoms. The Morgan fingerprint density at radius 3 is 2.84 bits per heavy atom. The number of hydrogen-bond acceptors (Lipinski definition) is 2. The van der Waals surface area contributed by atoms with E-state index in [9.17, 15) is 0 Å². The van der Waals surface area contributed by atoms with E-state index in [0.29, 0.717) is 6.04 Å². The van der Waals surface area contributed by atoms with Gasteiger partial charge in [-0.15, -0.1) is 0 Å². The van der Waals surface area contributed by atoms with Crippen LogP contribution < -0.4 is 10.1 Å². The second kappa shape index (κ2) is 6.26. The smallest absolute Gasteiger partial charge is 0.119 e. The summed E-state index contributed by atoms with van der Waals surface area (Å²) in [6, 6.07) is 10.6. The first-order valence-corrected chi connectivity index (χ1v) is 7.09. The van der Waals surface area contributed by atoms with Crippen molar-refractivity contribution < 1.29 is 4.74 Å². The zero-order valence-corrected chi connectivity index (χ0v) is 13.1. The maximum atomic E-state index is 5.29. The zero-order valence-electron chi connectivity index (χ0n) is 11.5. The van der Waals surface area contributed by atoms with E-state index in [1.54, 1.807) is 7.11 Å². The van der Waals surface area contributed by atoms with Crippen LogP contribution >= 0.6 is 15.9 Å². The first-order valence-electron chi connectivity index (χ1n) is 6.30. The largest absolute Gasteiger partial charge is 0.497 e. The van der Waals surface area contributed by atoms with Crippen molar-refractivity contribution in [3.63, 3.8) is 0 Å². The first-order chi connectivity index (χ1) is 9.15. The van der Waals surface area contributed by atoms with Crippen molar-refractivity contribution in [2.24, 2.45) is 0 Å². The molecule has 0 amide bonds. The summed E-state index contributed by atoms with van der Waals surface area (Å²) in [7, 11) is 3.67. The van der Waals surface area contributed by atoms with E-state index in [4.69, 9.17) is 4.74 Å². The second-order valence-corrected chi connectivity index (χ2v) is 5.38. The van der Waals surface area contributed by atoms with Crippen molar-refractivity contribution in [1.29, 1.82) is 0 Å². The summed E-state index contributed by atoms with van der Waals surface area (Å²) in [5, 5.41) is 3.27. The van der Waals surface area contributed by atoms with Crippen LogP contribution in [0.15, 0.2) is 41.0 Å². The molecule has 2 rings (SSSR count). The topological polar surface area (TPSA) is 26.2 Å². The second-order valence-electron chi connectivity index (χ2n) is 4.53. The summed E-state index contributed by atoms with van der Waals surface area (Å²) >= 11 is 3.60. The van der Waals surface area contributed by atoms with Gasteiger partial charge >= 0.3 is 0 Å². The number of nitrogens with one attached hydrogen (secondary N) is 1. The number of benzene rings is 1. The monoisotopic (exact) mass is 322 g/mol. The van der Waals surface area contributed by atoms with E-state index in [1.807, 2.05) is 19.2 Å². The predicted molar refractivity (Wildman–Crippen MR) is 81.7 cm³/mol. The van der Waals surface area contributed by atoms with Gasteiger partial charge in [0.25, 0.3) is 0 Å². The lowest BCUT2D eigenvalue weighted by Crippen LogP contribution is -2.17. The fraction of sp³-hybridized carbons (Fsp3) is 0.333. The summed E-state index contributed by atoms with van der Waals surface area (Å²) in [4.78, 5) is 0. The highest BCUT2D eigenvalue weighted by Gasteiger charge is 2.10. The molecule has 0 saturated carbocycles. The van der Waals surface area contributed by atoms with Gasteiger partial charge in [0.05, 0.1) is 7.11 Å². The van der Waals surface area contributed by atoms with Gasteiger partial charge in [-0.2, -0.15) is 0 Å². The highest BCUT2D eigenvalue weighted by molar-refractivity contribution is 9.10. The van der Waals surface area contributed by atoms with Gasteiger partial charge in [0.1, 0.15) is 5.75 Å². The van der Waals surface area contributed by atoms with Gasteiger partial charge in [0, 0.05) is 29.0 Å². The Labute approximate surface area is 122 Å². The molecule has 1 aromatic carbocycles. The van der Waals surface area contributed by atoms with Gasteiger partial charge in [0.2, 0.25) is 0 Å². The molecule has 1 aromatic heterocycles. The van der Waals surface area contributed by atoms with Crippen molar-refractivity contribution in [2.45, 2.75) is 19.5 Å². The zero-order chi connectivity index (χ0) is 13.8. The van der Waals surface area contributed by atoms with Gasteiger partial charge in [-0.3, -0.25) is 0 Å². The highest BCUT2D eigenvalue weighted by atomic mass is 79.9. The van der Waals surface area contributed by atoms with Crippen LogP contribution in [0.25, 0.3) is 0 Å². The molecule has 0 aliphatic carbocycles. The van der Waals surface area contributed by atoms with E-state index in [1.165, 1.54) is 11.3 Å². The molecule has 1 unspecified atom stereocenters. The van der Waals surface area contributed by atoms with Crippen LogP contribution in [0.4, 0.5) is 0 Å². The number of ether oxygens (including phenoxy) is 1. The lowest BCUT2D eigenvalue weighted by molar-refractivity contribution is 0.414. The standard InChI is InChI=1S/C15H19BrN2O/c1-11(17-2)15-5-4-8-18(15)10-12-9-13(19-3)6-7-14(12)16/h4-9,11,17H,10H2,1-3H3. The van der Waals surface area contributed by atoms with Gasteiger partial charge in [-0.05, 0) is 49.9 Å². The summed E-state index contributed by atoms with van der Waals surface area (Å²) in [5.41, 5.74) is 2.48. The molecule has 0 aliphatic rings. The van der Waals surface area contributed by atoms with Crippen LogP contribution in [0.1, 0.15) is 24.2 Å². The highest BCUT2D eigenvalue weighted by Crippen LogP contribution is 2.24. The predicted octanol–water partition coefficient (Wildman–Crippen LogP) is 3.59. The van der Waals surface area contributed by atoms with Crippen LogP contribution in [0, 0.1) is 0 Å². The maximum absolute atomic E-state index is 5.29. The molecule has 0 saturated heterocycles. The first kappa shape index (κ1) is 14.2. The molecule has 0 radical (unpaired) electrons. The molecule has 3 nitrogen and oxygen atoms in total. The van der Waals surface area contributed by atoms with Crippen molar-refractivity contribution in [1.82, 2.24) is 9.88 Å². The Balaban J connectivity index is 2.28. The summed E-state index contributed by atoms with van der Waals surface area (Å²) < 4.78 is 8.64. The Morgan fingerprint density at radius 1 is 1.37 bits per heavy atom. The number of aromatic nitrogens is 1. The molecule has 2 aromatic rings. The molecule has 1 heterocycles. The van der Waals surface area contributed by atoms with E-state index in [-0.39, 0.29) is 0 Å². The van der Waals surface area contributed by atoms with Crippen molar-refractivity contribution in [3.8, 4) is 5.75 Å². The molecule has 102 valence electrons. The molecule has 4 heteroatoms. The third-order valence-corrected chi connectivity index (χ3v) is 4.11. The lowest BCUT2D eigenvalue weighted by atomic mass is 10.2. The third kappa shape index (κ3) is 3.19. The fourth-order valence-corrected chi connectivity index (χ4v) is 2.47. The van der Waals surface area contributed by atoms with E-state index in [0.717, 1.165) is 16.8 Å². The van der Waals surface area contributed by atoms with E-state index >= 15 is 0 Å². The summed E-state index contributed by atoms with van der Waals surface area (Å²) in [6.07, 6.45) is 2.11. The fourth-order valence-electron chi connectivity index (χ4n) is 2.10. The normalized spacial score (nSPS) is 12.4. The summed E-state index contributed by atoms with van der Waals surface area (Å²) in [6.45, 7) is 2.98.